The molecular weight excluding hydrogens is 357 g/mol. The Morgan fingerprint density at radius 3 is 2.83 bits per heavy atom. The van der Waals surface area contributed by atoms with Crippen LogP contribution in [0, 0.1) is 5.82 Å². The van der Waals surface area contributed by atoms with E-state index >= 15 is 0 Å². The van der Waals surface area contributed by atoms with Gasteiger partial charge in [-0.1, -0.05) is 40.2 Å². The average Bonchev–Trinajstić information content (AvgIpc) is 3.35. The van der Waals surface area contributed by atoms with Crippen molar-refractivity contribution in [3.8, 4) is 5.75 Å². The third-order valence-corrected chi connectivity index (χ3v) is 4.57. The summed E-state index contributed by atoms with van der Waals surface area (Å²) in [6, 6.07) is 13.7. The van der Waals surface area contributed by atoms with Crippen molar-refractivity contribution < 1.29 is 9.13 Å². The summed E-state index contributed by atoms with van der Waals surface area (Å²) in [5, 5.41) is 3.45. The van der Waals surface area contributed by atoms with Crippen molar-refractivity contribution in [2.75, 3.05) is 13.2 Å². The molecule has 0 aliphatic heterocycles. The molecular formula is C19H21BrFNO. The lowest BCUT2D eigenvalue weighted by Crippen LogP contribution is -2.24. The van der Waals surface area contributed by atoms with Crippen LogP contribution in [0.5, 0.6) is 5.75 Å². The first-order chi connectivity index (χ1) is 11.1. The smallest absolute Gasteiger partial charge is 0.128 e. The normalized spacial score (nSPS) is 15.4. The molecule has 4 heteroatoms. The van der Waals surface area contributed by atoms with E-state index in [-0.39, 0.29) is 11.9 Å². The van der Waals surface area contributed by atoms with Crippen molar-refractivity contribution in [2.45, 2.75) is 31.7 Å². The Bertz CT molecular complexity index is 652. The quantitative estimate of drug-likeness (QED) is 0.669. The minimum absolute atomic E-state index is 0.275. The standard InChI is InChI=1S/C19H21BrFNO/c1-13(15-3-2-4-16(9-15)14-5-6-14)22-7-8-23-19-11-17(20)10-18(21)12-19/h2-4,9-14,22H,5-8H2,1H3/t13-/m1/s1. The number of benzene rings is 2. The van der Waals surface area contributed by atoms with Gasteiger partial charge in [-0.25, -0.2) is 4.39 Å². The lowest BCUT2D eigenvalue weighted by atomic mass is 10.0. The van der Waals surface area contributed by atoms with E-state index in [2.05, 4.69) is 52.4 Å². The fourth-order valence-corrected chi connectivity index (χ4v) is 3.12. The highest BCUT2D eigenvalue weighted by molar-refractivity contribution is 9.10. The van der Waals surface area contributed by atoms with Gasteiger partial charge in [-0.3, -0.25) is 0 Å². The summed E-state index contributed by atoms with van der Waals surface area (Å²) in [5.41, 5.74) is 2.76. The van der Waals surface area contributed by atoms with Crippen LogP contribution in [0.1, 0.15) is 42.9 Å². The molecule has 0 radical (unpaired) electrons. The van der Waals surface area contributed by atoms with E-state index in [0.717, 1.165) is 5.92 Å². The van der Waals surface area contributed by atoms with E-state index in [1.54, 1.807) is 6.07 Å². The van der Waals surface area contributed by atoms with Gasteiger partial charge in [-0.05, 0) is 48.9 Å². The van der Waals surface area contributed by atoms with Crippen LogP contribution in [0.25, 0.3) is 0 Å². The molecule has 122 valence electrons. The Hall–Kier alpha value is -1.39. The van der Waals surface area contributed by atoms with Crippen molar-refractivity contribution in [3.63, 3.8) is 0 Å². The second kappa shape index (κ2) is 7.45. The van der Waals surface area contributed by atoms with Crippen LogP contribution >= 0.6 is 15.9 Å². The minimum Gasteiger partial charge on any atom is -0.492 e. The summed E-state index contributed by atoms with van der Waals surface area (Å²) in [5.74, 6) is 1.02. The molecule has 1 N–H and O–H groups in total. The Labute approximate surface area is 145 Å². The summed E-state index contributed by atoms with van der Waals surface area (Å²) in [6.45, 7) is 3.37. The van der Waals surface area contributed by atoms with Crippen molar-refractivity contribution >= 4 is 15.9 Å². The summed E-state index contributed by atoms with van der Waals surface area (Å²) in [4.78, 5) is 0. The maximum absolute atomic E-state index is 13.3. The molecule has 1 saturated carbocycles. The largest absolute Gasteiger partial charge is 0.492 e. The first kappa shape index (κ1) is 16.5. The third-order valence-electron chi connectivity index (χ3n) is 4.12. The van der Waals surface area contributed by atoms with Gasteiger partial charge in [0.25, 0.3) is 0 Å². The monoisotopic (exact) mass is 377 g/mol. The van der Waals surface area contributed by atoms with E-state index in [1.807, 2.05) is 0 Å². The average molecular weight is 378 g/mol. The second-order valence-corrected chi connectivity index (χ2v) is 6.99. The molecule has 1 fully saturated rings. The van der Waals surface area contributed by atoms with Gasteiger partial charge in [-0.15, -0.1) is 0 Å². The molecule has 1 atom stereocenters. The molecule has 1 aliphatic carbocycles. The first-order valence-corrected chi connectivity index (χ1v) is 8.83. The maximum atomic E-state index is 13.3. The van der Waals surface area contributed by atoms with Crippen molar-refractivity contribution in [1.82, 2.24) is 5.32 Å². The summed E-state index contributed by atoms with van der Waals surface area (Å²) >= 11 is 3.26. The highest BCUT2D eigenvalue weighted by Gasteiger charge is 2.23. The zero-order valence-electron chi connectivity index (χ0n) is 13.2. The van der Waals surface area contributed by atoms with E-state index in [9.17, 15) is 4.39 Å². The predicted molar refractivity (Wildman–Crippen MR) is 94.4 cm³/mol. The molecule has 0 spiro atoms. The number of hydrogen-bond donors (Lipinski definition) is 1. The zero-order chi connectivity index (χ0) is 16.2. The number of nitrogens with one attached hydrogen (secondary N) is 1. The predicted octanol–water partition coefficient (Wildman–Crippen LogP) is 5.20. The molecule has 0 amide bonds. The Morgan fingerprint density at radius 2 is 2.09 bits per heavy atom. The Morgan fingerprint density at radius 1 is 1.26 bits per heavy atom. The van der Waals surface area contributed by atoms with Crippen LogP contribution < -0.4 is 10.1 Å². The summed E-state index contributed by atoms with van der Waals surface area (Å²) in [6.07, 6.45) is 2.64. The van der Waals surface area contributed by atoms with Gasteiger partial charge in [-0.2, -0.15) is 0 Å². The molecule has 2 aromatic carbocycles. The van der Waals surface area contributed by atoms with E-state index in [4.69, 9.17) is 4.74 Å². The summed E-state index contributed by atoms with van der Waals surface area (Å²) < 4.78 is 19.5. The van der Waals surface area contributed by atoms with Crippen molar-refractivity contribution in [3.05, 3.63) is 63.9 Å². The third kappa shape index (κ3) is 4.79. The molecule has 0 unspecified atom stereocenters. The van der Waals surface area contributed by atoms with Gasteiger partial charge in [0, 0.05) is 23.1 Å². The molecule has 2 aromatic rings. The van der Waals surface area contributed by atoms with Crippen LogP contribution in [0.3, 0.4) is 0 Å². The van der Waals surface area contributed by atoms with Gasteiger partial charge in [0.1, 0.15) is 18.2 Å². The molecule has 0 bridgehead atoms. The molecule has 23 heavy (non-hydrogen) atoms. The topological polar surface area (TPSA) is 21.3 Å². The molecule has 3 rings (SSSR count). The number of hydrogen-bond acceptors (Lipinski definition) is 2. The van der Waals surface area contributed by atoms with Gasteiger partial charge < -0.3 is 10.1 Å². The Balaban J connectivity index is 1.47. The van der Waals surface area contributed by atoms with E-state index in [1.165, 1.54) is 36.1 Å². The van der Waals surface area contributed by atoms with Gasteiger partial charge in [0.15, 0.2) is 0 Å². The van der Waals surface area contributed by atoms with Crippen LogP contribution in [0.15, 0.2) is 46.9 Å². The maximum Gasteiger partial charge on any atom is 0.128 e. The zero-order valence-corrected chi connectivity index (χ0v) is 14.8. The van der Waals surface area contributed by atoms with Crippen LogP contribution in [-0.2, 0) is 0 Å². The van der Waals surface area contributed by atoms with Crippen LogP contribution in [0.2, 0.25) is 0 Å². The van der Waals surface area contributed by atoms with Crippen molar-refractivity contribution in [2.24, 2.45) is 0 Å². The molecule has 1 aliphatic rings. The second-order valence-electron chi connectivity index (χ2n) is 6.07. The fraction of sp³-hybridized carbons (Fsp3) is 0.368. The van der Waals surface area contributed by atoms with Gasteiger partial charge in [0.2, 0.25) is 0 Å². The van der Waals surface area contributed by atoms with Crippen molar-refractivity contribution in [1.29, 1.82) is 0 Å². The number of rotatable bonds is 7. The van der Waals surface area contributed by atoms with Crippen LogP contribution in [-0.4, -0.2) is 13.2 Å². The van der Waals surface area contributed by atoms with E-state index < -0.39 is 0 Å². The number of ether oxygens (including phenoxy) is 1. The molecule has 0 aromatic heterocycles. The van der Waals surface area contributed by atoms with Gasteiger partial charge in [0.05, 0.1) is 0 Å². The van der Waals surface area contributed by atoms with Crippen LogP contribution in [0.4, 0.5) is 4.39 Å². The van der Waals surface area contributed by atoms with Gasteiger partial charge >= 0.3 is 0 Å². The molecule has 2 nitrogen and oxygen atoms in total. The first-order valence-electron chi connectivity index (χ1n) is 8.04. The molecule has 0 saturated heterocycles. The summed E-state index contributed by atoms with van der Waals surface area (Å²) in [7, 11) is 0. The minimum atomic E-state index is -0.299. The molecule has 0 heterocycles. The highest BCUT2D eigenvalue weighted by Crippen LogP contribution is 2.40. The highest BCUT2D eigenvalue weighted by atomic mass is 79.9. The fourth-order valence-electron chi connectivity index (χ4n) is 2.67. The van der Waals surface area contributed by atoms with E-state index in [0.29, 0.717) is 23.4 Å². The number of halogens is 2. The Kier molecular flexibility index (Phi) is 5.34. The lowest BCUT2D eigenvalue weighted by molar-refractivity contribution is 0.306. The SMILES string of the molecule is C[C@@H](NCCOc1cc(F)cc(Br)c1)c1cccc(C2CC2)c1. The lowest BCUT2D eigenvalue weighted by Gasteiger charge is -2.16.